The molecule has 2 N–H and O–H groups in total. The van der Waals surface area contributed by atoms with Crippen molar-refractivity contribution in [2.24, 2.45) is 0 Å². The molecule has 0 spiro atoms. The van der Waals surface area contributed by atoms with Gasteiger partial charge in [-0.2, -0.15) is 0 Å². The Balaban J connectivity index is -0.000000175. The predicted molar refractivity (Wildman–Crippen MR) is 63.1 cm³/mol. The third-order valence-corrected chi connectivity index (χ3v) is 1.62. The van der Waals surface area contributed by atoms with Crippen LogP contribution in [0.3, 0.4) is 0 Å². The molecule has 0 aromatic rings. The molecule has 0 saturated carbocycles. The first-order valence-electron chi connectivity index (χ1n) is 4.76. The van der Waals surface area contributed by atoms with Gasteiger partial charge < -0.3 is 4.55 Å². The summed E-state index contributed by atoms with van der Waals surface area (Å²) in [5.41, 5.74) is 0. The van der Waals surface area contributed by atoms with Gasteiger partial charge in [0.05, 0.1) is 0 Å². The summed E-state index contributed by atoms with van der Waals surface area (Å²) in [6.07, 6.45) is 4.72. The monoisotopic (exact) mass is 197 g/mol. The fourth-order valence-corrected chi connectivity index (χ4v) is 1.06. The normalized spacial score (nSPS) is 10.3. The van der Waals surface area contributed by atoms with Gasteiger partial charge in [-0.3, -0.25) is 4.72 Å². The van der Waals surface area contributed by atoms with Crippen molar-refractivity contribution >= 4 is 10.5 Å². The molecule has 12 heavy (non-hydrogen) atoms. The van der Waals surface area contributed by atoms with E-state index in [9.17, 15) is 0 Å². The summed E-state index contributed by atoms with van der Waals surface area (Å²) >= 11 is 0. The minimum atomic E-state index is -1.44. The first-order valence-corrected chi connectivity index (χ1v) is 7.17. The molecule has 0 fully saturated rings. The van der Waals surface area contributed by atoms with Crippen LogP contribution in [0.25, 0.3) is 0 Å². The summed E-state index contributed by atoms with van der Waals surface area (Å²) < 4.78 is 12.1. The van der Waals surface area contributed by atoms with Crippen LogP contribution < -0.4 is 4.72 Å². The second-order valence-corrected chi connectivity index (χ2v) is 5.00. The molecular formula is C9H27NOS. The van der Waals surface area contributed by atoms with Gasteiger partial charge in [0, 0.05) is 6.54 Å². The smallest absolute Gasteiger partial charge is 0.00598 e. The van der Waals surface area contributed by atoms with E-state index in [1.807, 2.05) is 40.2 Å². The van der Waals surface area contributed by atoms with E-state index in [1.54, 1.807) is 0 Å². The summed E-state index contributed by atoms with van der Waals surface area (Å²) in [6, 6.07) is 0. The average molecular weight is 197 g/mol. The minimum Gasteiger partial charge on any atom is -0.339 e. The molecular weight excluding hydrogens is 170 g/mol. The third kappa shape index (κ3) is 31.8. The van der Waals surface area contributed by atoms with Crippen LogP contribution in [0.2, 0.25) is 0 Å². The molecule has 0 aliphatic rings. The lowest BCUT2D eigenvalue weighted by Crippen LogP contribution is -2.18. The zero-order valence-electron chi connectivity index (χ0n) is 9.77. The van der Waals surface area contributed by atoms with Crippen molar-refractivity contribution in [1.82, 2.24) is 4.72 Å². The van der Waals surface area contributed by atoms with Crippen LogP contribution in [0.15, 0.2) is 0 Å². The van der Waals surface area contributed by atoms with Gasteiger partial charge >= 0.3 is 0 Å². The topological polar surface area (TPSA) is 32.3 Å². The second kappa shape index (κ2) is 13.8. The molecule has 0 atom stereocenters. The van der Waals surface area contributed by atoms with Crippen LogP contribution in [0.4, 0.5) is 0 Å². The van der Waals surface area contributed by atoms with Crippen molar-refractivity contribution in [3.63, 3.8) is 0 Å². The molecule has 0 amide bonds. The van der Waals surface area contributed by atoms with Crippen LogP contribution >= 0.6 is 10.5 Å². The number of rotatable bonds is 3. The molecule has 0 bridgehead atoms. The summed E-state index contributed by atoms with van der Waals surface area (Å²) in [4.78, 5) is 0. The van der Waals surface area contributed by atoms with Gasteiger partial charge in [0.1, 0.15) is 0 Å². The standard InChI is InChI=1S/C5H15NOS.2C2H6/c1-4-5-6-8(2,3)7;2*1-2/h6-7H,4-5H2,1-3H3;2*1-2H3. The van der Waals surface area contributed by atoms with Gasteiger partial charge in [0.15, 0.2) is 0 Å². The zero-order chi connectivity index (χ0) is 10.6. The van der Waals surface area contributed by atoms with Crippen molar-refractivity contribution < 1.29 is 4.55 Å². The Morgan fingerprint density at radius 1 is 1.08 bits per heavy atom. The molecule has 0 unspecified atom stereocenters. The lowest BCUT2D eigenvalue weighted by Gasteiger charge is -2.24. The molecule has 80 valence electrons. The van der Waals surface area contributed by atoms with E-state index in [4.69, 9.17) is 4.55 Å². The first-order chi connectivity index (χ1) is 5.56. The quantitative estimate of drug-likeness (QED) is 0.726. The summed E-state index contributed by atoms with van der Waals surface area (Å²) in [5, 5.41) is 0. The molecule has 3 heteroatoms. The summed E-state index contributed by atoms with van der Waals surface area (Å²) in [6.45, 7) is 11.0. The van der Waals surface area contributed by atoms with Crippen LogP contribution in [0.1, 0.15) is 41.0 Å². The van der Waals surface area contributed by atoms with Gasteiger partial charge in [0.25, 0.3) is 0 Å². The lowest BCUT2D eigenvalue weighted by molar-refractivity contribution is 0.618. The van der Waals surface area contributed by atoms with Gasteiger partial charge in [0.2, 0.25) is 0 Å². The first kappa shape index (κ1) is 18.1. The Bertz CT molecular complexity index is 62.0. The number of nitrogens with one attached hydrogen (secondary N) is 1. The zero-order valence-corrected chi connectivity index (χ0v) is 10.6. The van der Waals surface area contributed by atoms with E-state index < -0.39 is 10.5 Å². The summed E-state index contributed by atoms with van der Waals surface area (Å²) in [7, 11) is -1.44. The molecule has 0 rings (SSSR count). The SMILES string of the molecule is CC.CC.CCCNS(C)(C)O. The highest BCUT2D eigenvalue weighted by Crippen LogP contribution is 2.26. The molecule has 0 heterocycles. The van der Waals surface area contributed by atoms with Crippen LogP contribution in [0.5, 0.6) is 0 Å². The maximum atomic E-state index is 9.12. The maximum absolute atomic E-state index is 9.12. The molecule has 0 saturated heterocycles. The van der Waals surface area contributed by atoms with E-state index in [2.05, 4.69) is 11.6 Å². The highest BCUT2D eigenvalue weighted by molar-refractivity contribution is 8.26. The molecule has 0 aliphatic heterocycles. The lowest BCUT2D eigenvalue weighted by atomic mass is 10.5. The Labute approximate surface area is 80.4 Å². The van der Waals surface area contributed by atoms with Gasteiger partial charge in [-0.1, -0.05) is 45.1 Å². The van der Waals surface area contributed by atoms with Crippen molar-refractivity contribution in [1.29, 1.82) is 0 Å². The van der Waals surface area contributed by atoms with Crippen molar-refractivity contribution in [2.75, 3.05) is 19.1 Å². The van der Waals surface area contributed by atoms with E-state index in [0.717, 1.165) is 13.0 Å². The fraction of sp³-hybridized carbons (Fsp3) is 1.00. The Morgan fingerprint density at radius 2 is 1.42 bits per heavy atom. The second-order valence-electron chi connectivity index (χ2n) is 2.17. The van der Waals surface area contributed by atoms with Gasteiger partial charge in [-0.25, -0.2) is 0 Å². The summed E-state index contributed by atoms with van der Waals surface area (Å²) in [5.74, 6) is 0. The molecule has 0 aromatic heterocycles. The van der Waals surface area contributed by atoms with Crippen molar-refractivity contribution in [3.05, 3.63) is 0 Å². The highest BCUT2D eigenvalue weighted by Gasteiger charge is 2.00. The molecule has 0 radical (unpaired) electrons. The van der Waals surface area contributed by atoms with Crippen LogP contribution in [0, 0.1) is 0 Å². The van der Waals surface area contributed by atoms with E-state index in [-0.39, 0.29) is 0 Å². The van der Waals surface area contributed by atoms with E-state index >= 15 is 0 Å². The minimum absolute atomic E-state index is 0.916. The molecule has 0 aliphatic carbocycles. The van der Waals surface area contributed by atoms with E-state index in [0.29, 0.717) is 0 Å². The largest absolute Gasteiger partial charge is 0.339 e. The fourth-order valence-electron chi connectivity index (χ4n) is 0.352. The Hall–Kier alpha value is 0.270. The molecule has 2 nitrogen and oxygen atoms in total. The van der Waals surface area contributed by atoms with Gasteiger partial charge in [-0.15, -0.1) is 0 Å². The highest BCUT2D eigenvalue weighted by atomic mass is 32.3. The number of hydrogen-bond acceptors (Lipinski definition) is 2. The van der Waals surface area contributed by atoms with E-state index in [1.165, 1.54) is 0 Å². The van der Waals surface area contributed by atoms with Gasteiger partial charge in [-0.05, 0) is 18.9 Å². The molecule has 0 aromatic carbocycles. The maximum Gasteiger partial charge on any atom is 0.00598 e. The Kier molecular flexibility index (Phi) is 20.9. The van der Waals surface area contributed by atoms with Crippen LogP contribution in [-0.2, 0) is 0 Å². The van der Waals surface area contributed by atoms with Crippen molar-refractivity contribution in [2.45, 2.75) is 41.0 Å². The van der Waals surface area contributed by atoms with Crippen LogP contribution in [-0.4, -0.2) is 23.6 Å². The average Bonchev–Trinajstić information content (AvgIpc) is 2.07. The Morgan fingerprint density at radius 3 is 1.50 bits per heavy atom. The van der Waals surface area contributed by atoms with Crippen molar-refractivity contribution in [3.8, 4) is 0 Å². The third-order valence-electron chi connectivity index (χ3n) is 0.705. The number of hydrogen-bond donors (Lipinski definition) is 2. The predicted octanol–water partition coefficient (Wildman–Crippen LogP) is 3.49.